The van der Waals surface area contributed by atoms with Crippen LogP contribution in [0.4, 0.5) is 11.6 Å². The lowest BCUT2D eigenvalue weighted by Crippen LogP contribution is -2.18. The minimum atomic E-state index is 0.256. The van der Waals surface area contributed by atoms with Gasteiger partial charge < -0.3 is 16.2 Å². The van der Waals surface area contributed by atoms with Gasteiger partial charge in [0.1, 0.15) is 17.5 Å². The van der Waals surface area contributed by atoms with E-state index in [9.17, 15) is 0 Å². The summed E-state index contributed by atoms with van der Waals surface area (Å²) >= 11 is 0. The summed E-state index contributed by atoms with van der Waals surface area (Å²) in [6, 6.07) is 0. The first-order valence-electron chi connectivity index (χ1n) is 6.02. The molecule has 1 aromatic rings. The Labute approximate surface area is 101 Å². The highest BCUT2D eigenvalue weighted by Crippen LogP contribution is 2.48. The molecule has 1 aromatic heterocycles. The number of aryl methyl sites for hydroxylation is 1. The third kappa shape index (κ3) is 2.66. The van der Waals surface area contributed by atoms with Crippen LogP contribution in [0, 0.1) is 19.3 Å². The molecule has 0 amide bonds. The molecule has 0 unspecified atom stereocenters. The number of anilines is 2. The highest BCUT2D eigenvalue weighted by Gasteiger charge is 2.41. The number of nitrogens with zero attached hydrogens (tertiary/aromatic N) is 2. The number of aromatic nitrogens is 2. The first-order valence-corrected chi connectivity index (χ1v) is 6.02. The van der Waals surface area contributed by atoms with Gasteiger partial charge in [-0.05, 0) is 38.5 Å². The van der Waals surface area contributed by atoms with Crippen molar-refractivity contribution < 1.29 is 5.11 Å². The van der Waals surface area contributed by atoms with Crippen molar-refractivity contribution in [2.45, 2.75) is 33.1 Å². The Morgan fingerprint density at radius 2 is 2.06 bits per heavy atom. The van der Waals surface area contributed by atoms with Gasteiger partial charge in [-0.3, -0.25) is 0 Å². The fourth-order valence-electron chi connectivity index (χ4n) is 2.02. The van der Waals surface area contributed by atoms with E-state index in [0.29, 0.717) is 11.6 Å². The number of rotatable bonds is 5. The molecule has 0 saturated heterocycles. The first-order chi connectivity index (χ1) is 8.06. The van der Waals surface area contributed by atoms with E-state index in [1.54, 1.807) is 0 Å². The van der Waals surface area contributed by atoms with Gasteiger partial charge >= 0.3 is 0 Å². The normalized spacial score (nSPS) is 16.9. The summed E-state index contributed by atoms with van der Waals surface area (Å²) in [7, 11) is 0. The average molecular weight is 236 g/mol. The molecule has 5 heteroatoms. The summed E-state index contributed by atoms with van der Waals surface area (Å²) in [6.45, 7) is 4.86. The molecule has 5 nitrogen and oxygen atoms in total. The number of hydrogen-bond acceptors (Lipinski definition) is 5. The van der Waals surface area contributed by atoms with Crippen LogP contribution in [0.25, 0.3) is 0 Å². The fraction of sp³-hybridized carbons (Fsp3) is 0.667. The lowest BCUT2D eigenvalue weighted by atomic mass is 10.0. The maximum atomic E-state index is 9.01. The smallest absolute Gasteiger partial charge is 0.134 e. The van der Waals surface area contributed by atoms with Gasteiger partial charge in [0.2, 0.25) is 0 Å². The van der Waals surface area contributed by atoms with Crippen molar-refractivity contribution in [2.24, 2.45) is 5.41 Å². The van der Waals surface area contributed by atoms with Crippen molar-refractivity contribution in [3.05, 3.63) is 11.4 Å². The van der Waals surface area contributed by atoms with Crippen LogP contribution in [0.5, 0.6) is 0 Å². The second-order valence-corrected chi connectivity index (χ2v) is 4.96. The number of nitrogens with two attached hydrogens (primary N) is 1. The van der Waals surface area contributed by atoms with E-state index >= 15 is 0 Å². The molecule has 0 aromatic carbocycles. The number of aliphatic hydroxyl groups excluding tert-OH is 1. The number of nitrogens with one attached hydrogen (secondary N) is 1. The van der Waals surface area contributed by atoms with Crippen molar-refractivity contribution in [1.82, 2.24) is 9.97 Å². The van der Waals surface area contributed by atoms with Gasteiger partial charge in [0, 0.05) is 18.7 Å². The molecule has 0 atom stereocenters. The largest absolute Gasteiger partial charge is 0.396 e. The molecular weight excluding hydrogens is 216 g/mol. The average Bonchev–Trinajstić information content (AvgIpc) is 3.02. The first kappa shape index (κ1) is 12.1. The fourth-order valence-corrected chi connectivity index (χ4v) is 2.02. The molecule has 0 spiro atoms. The topological polar surface area (TPSA) is 84.1 Å². The molecule has 17 heavy (non-hydrogen) atoms. The quantitative estimate of drug-likeness (QED) is 0.716. The maximum absolute atomic E-state index is 9.01. The number of nitrogen functional groups attached to an aromatic ring is 1. The van der Waals surface area contributed by atoms with Crippen LogP contribution in [0.1, 0.15) is 30.7 Å². The Bertz CT molecular complexity index is 415. The minimum absolute atomic E-state index is 0.256. The number of aliphatic hydroxyl groups is 1. The zero-order valence-electron chi connectivity index (χ0n) is 10.5. The molecule has 1 aliphatic rings. The molecule has 0 radical (unpaired) electrons. The molecule has 1 heterocycles. The Balaban J connectivity index is 2.04. The summed E-state index contributed by atoms with van der Waals surface area (Å²) in [6.07, 6.45) is 3.22. The van der Waals surface area contributed by atoms with Crippen molar-refractivity contribution in [3.8, 4) is 0 Å². The number of hydrogen-bond donors (Lipinski definition) is 3. The van der Waals surface area contributed by atoms with Crippen molar-refractivity contribution in [1.29, 1.82) is 0 Å². The van der Waals surface area contributed by atoms with E-state index in [2.05, 4.69) is 15.3 Å². The molecule has 0 aliphatic heterocycles. The van der Waals surface area contributed by atoms with Crippen LogP contribution in [0.15, 0.2) is 0 Å². The molecule has 1 fully saturated rings. The van der Waals surface area contributed by atoms with E-state index in [1.807, 2.05) is 13.8 Å². The summed E-state index contributed by atoms with van der Waals surface area (Å²) in [5.74, 6) is 2.04. The van der Waals surface area contributed by atoms with Crippen LogP contribution in [0.2, 0.25) is 0 Å². The standard InChI is InChI=1S/C12H20N4O/c1-8-10(13)15-9(2)16-11(8)14-7-12(3-4-12)5-6-17/h17H,3-7H2,1-2H3,(H3,13,14,15,16). The molecule has 94 valence electrons. The summed E-state index contributed by atoms with van der Waals surface area (Å²) < 4.78 is 0. The monoisotopic (exact) mass is 236 g/mol. The van der Waals surface area contributed by atoms with Crippen LogP contribution in [0.3, 0.4) is 0 Å². The third-order valence-corrected chi connectivity index (χ3v) is 3.53. The maximum Gasteiger partial charge on any atom is 0.134 e. The van der Waals surface area contributed by atoms with Crippen molar-refractivity contribution in [3.63, 3.8) is 0 Å². The lowest BCUT2D eigenvalue weighted by molar-refractivity contribution is 0.253. The SMILES string of the molecule is Cc1nc(N)c(C)c(NCC2(CCO)CC2)n1. The second kappa shape index (κ2) is 4.49. The lowest BCUT2D eigenvalue weighted by Gasteiger charge is -2.16. The van der Waals surface area contributed by atoms with Crippen molar-refractivity contribution >= 4 is 11.6 Å². The third-order valence-electron chi connectivity index (χ3n) is 3.53. The minimum Gasteiger partial charge on any atom is -0.396 e. The predicted octanol–water partition coefficient (Wildman–Crippen LogP) is 1.25. The highest BCUT2D eigenvalue weighted by molar-refractivity contribution is 5.54. The van der Waals surface area contributed by atoms with E-state index in [1.165, 1.54) is 12.8 Å². The predicted molar refractivity (Wildman–Crippen MR) is 67.8 cm³/mol. The van der Waals surface area contributed by atoms with E-state index in [4.69, 9.17) is 10.8 Å². The second-order valence-electron chi connectivity index (χ2n) is 4.96. The molecule has 2 rings (SSSR count). The van der Waals surface area contributed by atoms with E-state index in [-0.39, 0.29) is 12.0 Å². The van der Waals surface area contributed by atoms with Gasteiger partial charge in [0.15, 0.2) is 0 Å². The van der Waals surface area contributed by atoms with Gasteiger partial charge in [-0.1, -0.05) is 0 Å². The summed E-state index contributed by atoms with van der Waals surface area (Å²) in [5.41, 5.74) is 6.98. The van der Waals surface area contributed by atoms with E-state index in [0.717, 1.165) is 24.3 Å². The van der Waals surface area contributed by atoms with Gasteiger partial charge in [-0.15, -0.1) is 0 Å². The molecule has 4 N–H and O–H groups in total. The van der Waals surface area contributed by atoms with Crippen LogP contribution in [-0.4, -0.2) is 28.2 Å². The molecule has 1 aliphatic carbocycles. The van der Waals surface area contributed by atoms with Crippen LogP contribution >= 0.6 is 0 Å². The summed E-state index contributed by atoms with van der Waals surface area (Å²) in [4.78, 5) is 8.48. The Hall–Kier alpha value is -1.36. The van der Waals surface area contributed by atoms with Crippen molar-refractivity contribution in [2.75, 3.05) is 24.2 Å². The molecular formula is C12H20N4O. The zero-order chi connectivity index (χ0) is 12.5. The van der Waals surface area contributed by atoms with Gasteiger partial charge in [-0.25, -0.2) is 9.97 Å². The Morgan fingerprint density at radius 1 is 1.35 bits per heavy atom. The molecule has 0 bridgehead atoms. The highest BCUT2D eigenvalue weighted by atomic mass is 16.3. The van der Waals surface area contributed by atoms with Gasteiger partial charge in [-0.2, -0.15) is 0 Å². The Kier molecular flexibility index (Phi) is 3.19. The van der Waals surface area contributed by atoms with Gasteiger partial charge in [0.05, 0.1) is 0 Å². The molecule has 1 saturated carbocycles. The van der Waals surface area contributed by atoms with E-state index < -0.39 is 0 Å². The van der Waals surface area contributed by atoms with Crippen LogP contribution in [-0.2, 0) is 0 Å². The van der Waals surface area contributed by atoms with Gasteiger partial charge in [0.25, 0.3) is 0 Å². The zero-order valence-corrected chi connectivity index (χ0v) is 10.5. The van der Waals surface area contributed by atoms with Crippen LogP contribution < -0.4 is 11.1 Å². The Morgan fingerprint density at radius 3 is 2.65 bits per heavy atom. The summed E-state index contributed by atoms with van der Waals surface area (Å²) in [5, 5.41) is 12.3.